The first-order chi connectivity index (χ1) is 15.8. The van der Waals surface area contributed by atoms with Crippen molar-refractivity contribution in [2.45, 2.75) is 51.3 Å². The Labute approximate surface area is 196 Å². The summed E-state index contributed by atoms with van der Waals surface area (Å²) in [5.41, 5.74) is 0.541. The van der Waals surface area contributed by atoms with Crippen LogP contribution in [0.4, 0.5) is 0 Å². The Balaban J connectivity index is 1.85. The molecule has 0 aliphatic heterocycles. The zero-order valence-corrected chi connectivity index (χ0v) is 20.5. The summed E-state index contributed by atoms with van der Waals surface area (Å²) in [6, 6.07) is 10.9. The number of hydrogen-bond acceptors (Lipinski definition) is 7. The summed E-state index contributed by atoms with van der Waals surface area (Å²) >= 11 is -2.43. The van der Waals surface area contributed by atoms with Crippen LogP contribution in [-0.4, -0.2) is 33.6 Å². The highest BCUT2D eigenvalue weighted by Gasteiger charge is 2.23. The molecule has 9 nitrogen and oxygen atoms in total. The van der Waals surface area contributed by atoms with Crippen molar-refractivity contribution >= 4 is 32.2 Å². The van der Waals surface area contributed by atoms with Gasteiger partial charge in [-0.25, -0.2) is 13.1 Å². The van der Waals surface area contributed by atoms with E-state index in [-0.39, 0.29) is 21.9 Å². The van der Waals surface area contributed by atoms with E-state index < -0.39 is 26.8 Å². The van der Waals surface area contributed by atoms with Gasteiger partial charge in [0, 0.05) is 6.54 Å². The Morgan fingerprint density at radius 1 is 1.18 bits per heavy atom. The number of para-hydroxylation sites is 1. The first-order valence-corrected chi connectivity index (χ1v) is 13.3. The number of unbranched alkanes of at least 4 members (excludes halogenated alkanes) is 1. The first-order valence-electron chi connectivity index (χ1n) is 10.8. The zero-order chi connectivity index (χ0) is 24.0. The fourth-order valence-corrected chi connectivity index (χ4v) is 5.34. The van der Waals surface area contributed by atoms with Gasteiger partial charge in [-0.1, -0.05) is 61.0 Å². The average molecular weight is 493 g/mol. The highest BCUT2D eigenvalue weighted by molar-refractivity contribution is 7.89. The van der Waals surface area contributed by atoms with Gasteiger partial charge in [0.15, 0.2) is 5.75 Å². The van der Waals surface area contributed by atoms with Gasteiger partial charge in [-0.05, 0) is 48.7 Å². The lowest BCUT2D eigenvalue weighted by Gasteiger charge is -2.16. The molecule has 0 fully saturated rings. The SMILES string of the molecule is CCCCC(CC)CNS(=O)(=O)c1ccccc1OS(=O)n1nnc2ccc(C)cc2c1=O. The Bertz CT molecular complexity index is 1310. The summed E-state index contributed by atoms with van der Waals surface area (Å²) in [4.78, 5) is 12.6. The van der Waals surface area contributed by atoms with Crippen LogP contribution in [-0.2, 0) is 21.3 Å². The van der Waals surface area contributed by atoms with Crippen LogP contribution < -0.4 is 14.5 Å². The van der Waals surface area contributed by atoms with E-state index in [1.807, 2.05) is 13.8 Å². The highest BCUT2D eigenvalue weighted by atomic mass is 32.2. The van der Waals surface area contributed by atoms with Crippen molar-refractivity contribution in [1.82, 2.24) is 19.1 Å². The maximum atomic E-state index is 13.0. The van der Waals surface area contributed by atoms with Crippen molar-refractivity contribution in [2.75, 3.05) is 6.54 Å². The summed E-state index contributed by atoms with van der Waals surface area (Å²) in [6.07, 6.45) is 3.86. The maximum Gasteiger partial charge on any atom is 0.344 e. The largest absolute Gasteiger partial charge is 0.382 e. The number of benzene rings is 2. The van der Waals surface area contributed by atoms with Gasteiger partial charge in [0.1, 0.15) is 10.4 Å². The maximum absolute atomic E-state index is 13.0. The van der Waals surface area contributed by atoms with Gasteiger partial charge in [0.25, 0.3) is 5.56 Å². The van der Waals surface area contributed by atoms with Gasteiger partial charge in [0.2, 0.25) is 10.0 Å². The normalized spacial score (nSPS) is 13.7. The molecule has 1 aromatic heterocycles. The molecule has 11 heteroatoms. The van der Waals surface area contributed by atoms with Crippen molar-refractivity contribution in [2.24, 2.45) is 5.92 Å². The van der Waals surface area contributed by atoms with Crippen LogP contribution in [0.3, 0.4) is 0 Å². The minimum atomic E-state index is -3.93. The number of sulfonamides is 1. The van der Waals surface area contributed by atoms with Crippen LogP contribution in [0.5, 0.6) is 5.75 Å². The molecule has 2 aromatic carbocycles. The summed E-state index contributed by atoms with van der Waals surface area (Å²) in [6.45, 7) is 6.23. The van der Waals surface area contributed by atoms with E-state index in [4.69, 9.17) is 4.18 Å². The average Bonchev–Trinajstić information content (AvgIpc) is 2.80. The van der Waals surface area contributed by atoms with E-state index in [9.17, 15) is 17.4 Å². The lowest BCUT2D eigenvalue weighted by atomic mass is 10.00. The second-order valence-corrected chi connectivity index (χ2v) is 10.5. The first kappa shape index (κ1) is 25.0. The molecule has 0 aliphatic rings. The molecule has 33 heavy (non-hydrogen) atoms. The van der Waals surface area contributed by atoms with Crippen LogP contribution in [0.1, 0.15) is 45.1 Å². The molecule has 0 radical (unpaired) electrons. The molecule has 3 aromatic rings. The molecular formula is C22H28N4O5S2. The summed E-state index contributed by atoms with van der Waals surface area (Å²) in [7, 11) is -3.93. The van der Waals surface area contributed by atoms with Gasteiger partial charge in [-0.2, -0.15) is 4.21 Å². The molecule has 0 aliphatic carbocycles. The van der Waals surface area contributed by atoms with Crippen LogP contribution in [0, 0.1) is 12.8 Å². The molecule has 0 spiro atoms. The predicted octanol–water partition coefficient (Wildman–Crippen LogP) is 3.10. The standard InChI is InChI=1S/C22H28N4O5S2/c1-4-6-9-17(5-2)15-23-33(29,30)21-11-8-7-10-20(21)31-32(28)26-22(27)18-14-16(3)12-13-19(18)24-25-26/h7-8,10-14,17,23H,4-6,9,15H2,1-3H3. The monoisotopic (exact) mass is 492 g/mol. The summed E-state index contributed by atoms with van der Waals surface area (Å²) < 4.78 is 47.3. The fraction of sp³-hybridized carbons (Fsp3) is 0.409. The highest BCUT2D eigenvalue weighted by Crippen LogP contribution is 2.24. The number of nitrogens with one attached hydrogen (secondary N) is 1. The van der Waals surface area contributed by atoms with E-state index in [2.05, 4.69) is 22.0 Å². The van der Waals surface area contributed by atoms with Gasteiger partial charge in [0.05, 0.1) is 5.39 Å². The van der Waals surface area contributed by atoms with E-state index in [1.54, 1.807) is 30.3 Å². The van der Waals surface area contributed by atoms with E-state index >= 15 is 0 Å². The summed E-state index contributed by atoms with van der Waals surface area (Å²) in [5.74, 6) is 0.0693. The van der Waals surface area contributed by atoms with Crippen molar-refractivity contribution in [3.8, 4) is 5.75 Å². The number of aromatic nitrogens is 3. The number of hydrogen-bond donors (Lipinski definition) is 1. The molecule has 0 amide bonds. The smallest absolute Gasteiger partial charge is 0.344 e. The van der Waals surface area contributed by atoms with Gasteiger partial charge in [-0.15, -0.1) is 5.10 Å². The molecule has 0 bridgehead atoms. The Hall–Kier alpha value is -2.63. The molecule has 0 saturated carbocycles. The van der Waals surface area contributed by atoms with Crippen LogP contribution in [0.25, 0.3) is 10.9 Å². The molecule has 1 heterocycles. The molecular weight excluding hydrogens is 464 g/mol. The molecule has 0 saturated heterocycles. The van der Waals surface area contributed by atoms with Gasteiger partial charge in [-0.3, -0.25) is 4.79 Å². The lowest BCUT2D eigenvalue weighted by Crippen LogP contribution is -2.31. The second-order valence-electron chi connectivity index (χ2n) is 7.80. The lowest BCUT2D eigenvalue weighted by molar-refractivity contribution is 0.443. The van der Waals surface area contributed by atoms with Crippen molar-refractivity contribution < 1.29 is 16.8 Å². The number of fused-ring (bicyclic) bond motifs is 1. The second kappa shape index (κ2) is 11.0. The molecule has 1 N–H and O–H groups in total. The van der Waals surface area contributed by atoms with Crippen LogP contribution in [0.2, 0.25) is 0 Å². The molecule has 178 valence electrons. The fourth-order valence-electron chi connectivity index (χ4n) is 3.34. The van der Waals surface area contributed by atoms with E-state index in [0.29, 0.717) is 16.1 Å². The topological polar surface area (TPSA) is 120 Å². The molecule has 2 unspecified atom stereocenters. The number of aryl methyl sites for hydroxylation is 1. The van der Waals surface area contributed by atoms with Crippen molar-refractivity contribution in [3.05, 3.63) is 58.4 Å². The van der Waals surface area contributed by atoms with E-state index in [0.717, 1.165) is 31.2 Å². The number of rotatable bonds is 11. The van der Waals surface area contributed by atoms with Gasteiger partial charge < -0.3 is 4.18 Å². The Morgan fingerprint density at radius 3 is 2.67 bits per heavy atom. The molecule has 2 atom stereocenters. The third-order valence-electron chi connectivity index (χ3n) is 5.34. The van der Waals surface area contributed by atoms with Gasteiger partial charge >= 0.3 is 11.3 Å². The number of nitrogens with zero attached hydrogens (tertiary/aromatic N) is 3. The summed E-state index contributed by atoms with van der Waals surface area (Å²) in [5, 5.41) is 7.83. The Kier molecular flexibility index (Phi) is 8.33. The third kappa shape index (κ3) is 6.04. The van der Waals surface area contributed by atoms with Crippen molar-refractivity contribution in [1.29, 1.82) is 0 Å². The molecule has 3 rings (SSSR count). The third-order valence-corrected chi connectivity index (χ3v) is 7.64. The quantitative estimate of drug-likeness (QED) is 0.437. The van der Waals surface area contributed by atoms with Crippen LogP contribution >= 0.6 is 0 Å². The van der Waals surface area contributed by atoms with E-state index in [1.165, 1.54) is 12.1 Å². The van der Waals surface area contributed by atoms with Crippen LogP contribution in [0.15, 0.2) is 52.2 Å². The van der Waals surface area contributed by atoms with Crippen molar-refractivity contribution in [3.63, 3.8) is 0 Å². The zero-order valence-electron chi connectivity index (χ0n) is 18.9. The Morgan fingerprint density at radius 2 is 1.94 bits per heavy atom. The minimum Gasteiger partial charge on any atom is -0.382 e. The minimum absolute atomic E-state index is 0.150. The predicted molar refractivity (Wildman–Crippen MR) is 128 cm³/mol.